The van der Waals surface area contributed by atoms with Gasteiger partial charge in [-0.15, -0.1) is 12.4 Å². The van der Waals surface area contributed by atoms with Gasteiger partial charge in [0, 0.05) is 37.3 Å². The number of piperazine rings is 1. The van der Waals surface area contributed by atoms with Gasteiger partial charge in [-0.2, -0.15) is 0 Å². The molecule has 2 aromatic carbocycles. The molecule has 1 aliphatic heterocycles. The number of hydrogen-bond donors (Lipinski definition) is 1. The van der Waals surface area contributed by atoms with Crippen LogP contribution in [0.2, 0.25) is 0 Å². The molecule has 1 aliphatic rings. The minimum atomic E-state index is -0.518. The summed E-state index contributed by atoms with van der Waals surface area (Å²) in [7, 11) is 1.36. The Morgan fingerprint density at radius 3 is 2.61 bits per heavy atom. The highest BCUT2D eigenvalue weighted by atomic mass is 35.5. The van der Waals surface area contributed by atoms with Crippen LogP contribution < -0.4 is 10.1 Å². The first-order chi connectivity index (χ1) is 13.0. The number of rotatable bonds is 5. The number of nitro groups is 1. The van der Waals surface area contributed by atoms with Gasteiger partial charge in [0.25, 0.3) is 5.91 Å². The molecule has 0 bridgehead atoms. The van der Waals surface area contributed by atoms with E-state index < -0.39 is 4.92 Å². The Morgan fingerprint density at radius 2 is 2.00 bits per heavy atom. The maximum absolute atomic E-state index is 13.1. The quantitative estimate of drug-likeness (QED) is 0.609. The van der Waals surface area contributed by atoms with Crippen LogP contribution in [0.15, 0.2) is 42.5 Å². The van der Waals surface area contributed by atoms with Gasteiger partial charge in [0.05, 0.1) is 18.1 Å². The smallest absolute Gasteiger partial charge is 0.310 e. The van der Waals surface area contributed by atoms with Crippen LogP contribution in [0, 0.1) is 10.1 Å². The molecular formula is C20H24ClN3O4. The molecule has 1 amide bonds. The summed E-state index contributed by atoms with van der Waals surface area (Å²) in [4.78, 5) is 25.5. The molecule has 150 valence electrons. The maximum Gasteiger partial charge on any atom is 0.310 e. The molecule has 7 nitrogen and oxygen atoms in total. The van der Waals surface area contributed by atoms with Crippen LogP contribution >= 0.6 is 12.4 Å². The summed E-state index contributed by atoms with van der Waals surface area (Å²) < 4.78 is 5.10. The molecule has 1 unspecified atom stereocenters. The van der Waals surface area contributed by atoms with Crippen LogP contribution in [0.25, 0.3) is 0 Å². The number of halogens is 1. The fourth-order valence-electron chi connectivity index (χ4n) is 3.35. The molecule has 1 heterocycles. The second-order valence-electron chi connectivity index (χ2n) is 6.46. The van der Waals surface area contributed by atoms with Gasteiger partial charge in [-0.25, -0.2) is 0 Å². The van der Waals surface area contributed by atoms with E-state index in [1.54, 1.807) is 0 Å². The molecule has 0 spiro atoms. The average Bonchev–Trinajstić information content (AvgIpc) is 2.72. The van der Waals surface area contributed by atoms with Crippen molar-refractivity contribution in [2.45, 2.75) is 19.4 Å². The molecule has 0 aromatic heterocycles. The van der Waals surface area contributed by atoms with Crippen LogP contribution in [-0.4, -0.2) is 42.5 Å². The Hall–Kier alpha value is -2.64. The number of methoxy groups -OCH3 is 1. The largest absolute Gasteiger partial charge is 0.490 e. The number of nitro benzene ring substituents is 1. The lowest BCUT2D eigenvalue weighted by Gasteiger charge is -2.36. The molecule has 0 saturated carbocycles. The van der Waals surface area contributed by atoms with Crippen LogP contribution in [0.1, 0.15) is 34.5 Å². The van der Waals surface area contributed by atoms with Crippen molar-refractivity contribution in [1.82, 2.24) is 10.2 Å². The molecule has 28 heavy (non-hydrogen) atoms. The third-order valence-corrected chi connectivity index (χ3v) is 4.90. The Morgan fingerprint density at radius 1 is 1.29 bits per heavy atom. The van der Waals surface area contributed by atoms with Gasteiger partial charge in [-0.3, -0.25) is 14.9 Å². The van der Waals surface area contributed by atoms with E-state index in [1.807, 2.05) is 4.90 Å². The van der Waals surface area contributed by atoms with E-state index >= 15 is 0 Å². The first-order valence-electron chi connectivity index (χ1n) is 8.98. The van der Waals surface area contributed by atoms with Gasteiger partial charge < -0.3 is 15.0 Å². The Bertz CT molecular complexity index is 842. The minimum absolute atomic E-state index is 0. The molecule has 1 N–H and O–H groups in total. The van der Waals surface area contributed by atoms with Crippen LogP contribution in [0.4, 0.5) is 5.69 Å². The summed E-state index contributed by atoms with van der Waals surface area (Å²) in [6.07, 6.45) is 0.967. The lowest BCUT2D eigenvalue weighted by Crippen LogP contribution is -2.48. The van der Waals surface area contributed by atoms with Gasteiger partial charge in [-0.05, 0) is 23.6 Å². The van der Waals surface area contributed by atoms with E-state index in [0.717, 1.165) is 12.0 Å². The van der Waals surface area contributed by atoms with E-state index in [9.17, 15) is 14.9 Å². The topological polar surface area (TPSA) is 84.7 Å². The standard InChI is InChI=1S/C20H23N3O4.ClH/c1-3-14-4-6-15(7-5-14)18-13-21-10-11-22(18)20(24)16-8-9-17(23(25)26)19(12-16)27-2;/h4-9,12,18,21H,3,10-11,13H2,1-2H3;1H. The van der Waals surface area contributed by atoms with Crippen LogP contribution in [-0.2, 0) is 6.42 Å². The Labute approximate surface area is 170 Å². The molecule has 1 fully saturated rings. The number of hydrogen-bond acceptors (Lipinski definition) is 5. The Balaban J connectivity index is 0.00000280. The second kappa shape index (κ2) is 9.52. The van der Waals surface area contributed by atoms with Gasteiger partial charge in [-0.1, -0.05) is 31.2 Å². The molecule has 1 saturated heterocycles. The van der Waals surface area contributed by atoms with Crippen molar-refractivity contribution in [1.29, 1.82) is 0 Å². The number of nitrogens with one attached hydrogen (secondary N) is 1. The molecule has 8 heteroatoms. The summed E-state index contributed by atoms with van der Waals surface area (Å²) >= 11 is 0. The van der Waals surface area contributed by atoms with Crippen molar-refractivity contribution in [3.63, 3.8) is 0 Å². The zero-order valence-electron chi connectivity index (χ0n) is 15.9. The molecule has 1 atom stereocenters. The molecular weight excluding hydrogens is 382 g/mol. The van der Waals surface area contributed by atoms with Gasteiger partial charge in [0.15, 0.2) is 5.75 Å². The first kappa shape index (κ1) is 21.7. The third kappa shape index (κ3) is 4.43. The molecule has 0 aliphatic carbocycles. The number of ether oxygens (including phenoxy) is 1. The summed E-state index contributed by atoms with van der Waals surface area (Å²) in [5.74, 6) is -0.0703. The molecule has 2 aromatic rings. The van der Waals surface area contributed by atoms with Crippen LogP contribution in [0.5, 0.6) is 5.75 Å². The van der Waals surface area contributed by atoms with E-state index in [0.29, 0.717) is 25.2 Å². The van der Waals surface area contributed by atoms with E-state index in [-0.39, 0.29) is 35.8 Å². The Kier molecular flexibility index (Phi) is 7.37. The highest BCUT2D eigenvalue weighted by Crippen LogP contribution is 2.30. The van der Waals surface area contributed by atoms with Crippen molar-refractivity contribution in [2.24, 2.45) is 0 Å². The lowest BCUT2D eigenvalue weighted by molar-refractivity contribution is -0.385. The normalized spacial score (nSPS) is 16.2. The van der Waals surface area contributed by atoms with Crippen molar-refractivity contribution in [3.8, 4) is 5.75 Å². The van der Waals surface area contributed by atoms with Crippen molar-refractivity contribution in [3.05, 3.63) is 69.3 Å². The van der Waals surface area contributed by atoms with Crippen molar-refractivity contribution in [2.75, 3.05) is 26.7 Å². The first-order valence-corrected chi connectivity index (χ1v) is 8.98. The number of amides is 1. The number of carbonyl (C=O) groups is 1. The number of nitrogens with zero attached hydrogens (tertiary/aromatic N) is 2. The van der Waals surface area contributed by atoms with Crippen LogP contribution in [0.3, 0.4) is 0 Å². The number of aryl methyl sites for hydroxylation is 1. The average molecular weight is 406 g/mol. The van der Waals surface area contributed by atoms with E-state index in [1.165, 1.54) is 30.9 Å². The molecule has 3 rings (SSSR count). The summed E-state index contributed by atoms with van der Waals surface area (Å²) in [6.45, 7) is 4.05. The predicted molar refractivity (Wildman–Crippen MR) is 109 cm³/mol. The van der Waals surface area contributed by atoms with Gasteiger partial charge in [0.2, 0.25) is 0 Å². The van der Waals surface area contributed by atoms with Crippen molar-refractivity contribution >= 4 is 24.0 Å². The lowest BCUT2D eigenvalue weighted by atomic mass is 10.00. The summed E-state index contributed by atoms with van der Waals surface area (Å²) in [5.41, 5.74) is 2.55. The second-order valence-corrected chi connectivity index (χ2v) is 6.46. The van der Waals surface area contributed by atoms with Gasteiger partial charge in [0.1, 0.15) is 0 Å². The molecule has 0 radical (unpaired) electrons. The monoisotopic (exact) mass is 405 g/mol. The SMILES string of the molecule is CCc1ccc(C2CNCCN2C(=O)c2ccc([N+](=O)[O-])c(OC)c2)cc1.Cl. The minimum Gasteiger partial charge on any atom is -0.490 e. The van der Waals surface area contributed by atoms with Gasteiger partial charge >= 0.3 is 5.69 Å². The zero-order chi connectivity index (χ0) is 19.4. The fraction of sp³-hybridized carbons (Fsp3) is 0.350. The number of carbonyl (C=O) groups excluding carboxylic acids is 1. The maximum atomic E-state index is 13.1. The summed E-state index contributed by atoms with van der Waals surface area (Å²) in [5, 5.41) is 14.4. The highest BCUT2D eigenvalue weighted by molar-refractivity contribution is 5.95. The van der Waals surface area contributed by atoms with E-state index in [2.05, 4.69) is 36.5 Å². The highest BCUT2D eigenvalue weighted by Gasteiger charge is 2.29. The van der Waals surface area contributed by atoms with E-state index in [4.69, 9.17) is 4.74 Å². The summed E-state index contributed by atoms with van der Waals surface area (Å²) in [6, 6.07) is 12.5. The predicted octanol–water partition coefficient (Wildman–Crippen LogP) is 3.37. The number of benzene rings is 2. The van der Waals surface area contributed by atoms with Crippen molar-refractivity contribution < 1.29 is 14.5 Å². The fourth-order valence-corrected chi connectivity index (χ4v) is 3.35. The zero-order valence-corrected chi connectivity index (χ0v) is 16.7. The third-order valence-electron chi connectivity index (χ3n) is 4.90.